The molecule has 0 fully saturated rings. The van der Waals surface area contributed by atoms with E-state index in [4.69, 9.17) is 5.11 Å². The molecule has 2 aromatic rings. The molecule has 0 spiro atoms. The maximum atomic E-state index is 10.8. The minimum absolute atomic E-state index is 0.0524. The summed E-state index contributed by atoms with van der Waals surface area (Å²) in [5, 5.41) is 19.1. The number of thiophene rings is 1. The summed E-state index contributed by atoms with van der Waals surface area (Å²) in [6.45, 7) is 4.03. The fourth-order valence-electron chi connectivity index (χ4n) is 1.45. The van der Waals surface area contributed by atoms with Crippen LogP contribution in [0, 0.1) is 0 Å². The average molecular weight is 237 g/mol. The highest BCUT2D eigenvalue weighted by Crippen LogP contribution is 2.36. The Morgan fingerprint density at radius 3 is 2.69 bits per heavy atom. The van der Waals surface area contributed by atoms with E-state index in [2.05, 4.69) is 4.98 Å². The summed E-state index contributed by atoms with van der Waals surface area (Å²) in [5.41, 5.74) is 0.894. The lowest BCUT2D eigenvalue weighted by molar-refractivity contribution is 0.0699. The smallest absolute Gasteiger partial charge is 0.349 e. The highest BCUT2D eigenvalue weighted by atomic mass is 32.1. The van der Waals surface area contributed by atoms with Crippen molar-refractivity contribution < 1.29 is 15.0 Å². The quantitative estimate of drug-likeness (QED) is 0.842. The van der Waals surface area contributed by atoms with Gasteiger partial charge in [0, 0.05) is 5.69 Å². The minimum Gasteiger partial charge on any atom is -0.505 e. The summed E-state index contributed by atoms with van der Waals surface area (Å²) in [6, 6.07) is 3.53. The van der Waals surface area contributed by atoms with Gasteiger partial charge in [-0.2, -0.15) is 0 Å². The van der Waals surface area contributed by atoms with Gasteiger partial charge in [-0.25, -0.2) is 9.78 Å². The fourth-order valence-corrected chi connectivity index (χ4v) is 2.36. The number of fused-ring (bicyclic) bond motifs is 1. The second-order valence-electron chi connectivity index (χ2n) is 3.83. The van der Waals surface area contributed by atoms with Crippen molar-refractivity contribution in [3.8, 4) is 5.75 Å². The van der Waals surface area contributed by atoms with Crippen molar-refractivity contribution in [3.05, 3.63) is 22.7 Å². The zero-order valence-corrected chi connectivity index (χ0v) is 9.71. The molecule has 0 saturated carbocycles. The number of aromatic nitrogens is 1. The number of carbonyl (C=O) groups is 1. The summed E-state index contributed by atoms with van der Waals surface area (Å²) in [6.07, 6.45) is 0. The van der Waals surface area contributed by atoms with E-state index in [-0.39, 0.29) is 16.5 Å². The molecule has 0 aromatic carbocycles. The topological polar surface area (TPSA) is 70.4 Å². The van der Waals surface area contributed by atoms with Crippen LogP contribution >= 0.6 is 11.3 Å². The second kappa shape index (κ2) is 3.75. The predicted octanol–water partition coefficient (Wildman–Crippen LogP) is 2.82. The number of aromatic hydroxyl groups is 1. The van der Waals surface area contributed by atoms with E-state index in [0.717, 1.165) is 17.0 Å². The van der Waals surface area contributed by atoms with Crippen LogP contribution in [-0.4, -0.2) is 21.2 Å². The van der Waals surface area contributed by atoms with Crippen LogP contribution in [0.15, 0.2) is 12.1 Å². The average Bonchev–Trinajstić information content (AvgIpc) is 2.55. The lowest BCUT2D eigenvalue weighted by Gasteiger charge is -2.02. The first-order valence-corrected chi connectivity index (χ1v) is 5.68. The van der Waals surface area contributed by atoms with E-state index in [9.17, 15) is 9.90 Å². The predicted molar refractivity (Wildman–Crippen MR) is 62.3 cm³/mol. The van der Waals surface area contributed by atoms with Gasteiger partial charge in [0.2, 0.25) is 0 Å². The van der Waals surface area contributed by atoms with Crippen molar-refractivity contribution in [1.82, 2.24) is 4.98 Å². The first-order valence-electron chi connectivity index (χ1n) is 4.86. The Kier molecular flexibility index (Phi) is 2.55. The molecule has 16 heavy (non-hydrogen) atoms. The molecule has 2 aromatic heterocycles. The first kappa shape index (κ1) is 10.9. The molecule has 84 valence electrons. The van der Waals surface area contributed by atoms with Crippen molar-refractivity contribution in [2.45, 2.75) is 19.8 Å². The number of aromatic carboxylic acids is 1. The van der Waals surface area contributed by atoms with Gasteiger partial charge < -0.3 is 10.2 Å². The maximum Gasteiger partial charge on any atom is 0.349 e. The molecule has 0 radical (unpaired) electrons. The number of carboxylic acids is 1. The van der Waals surface area contributed by atoms with Crippen LogP contribution in [0.25, 0.3) is 10.2 Å². The number of pyridine rings is 1. The maximum absolute atomic E-state index is 10.8. The normalized spacial score (nSPS) is 11.2. The third-order valence-corrected chi connectivity index (χ3v) is 3.41. The Bertz CT molecular complexity index is 560. The molecular formula is C11H11NO3S. The van der Waals surface area contributed by atoms with E-state index in [0.29, 0.717) is 10.2 Å². The zero-order valence-electron chi connectivity index (χ0n) is 8.89. The molecule has 0 aliphatic rings. The van der Waals surface area contributed by atoms with Gasteiger partial charge in [0.25, 0.3) is 0 Å². The molecule has 2 N–H and O–H groups in total. The number of nitrogens with zero attached hydrogens (tertiary/aromatic N) is 1. The van der Waals surface area contributed by atoms with Crippen molar-refractivity contribution in [1.29, 1.82) is 0 Å². The molecule has 0 aliphatic carbocycles. The SMILES string of the molecule is CC(C)c1ccc2c(O)c(C(=O)O)sc2n1. The van der Waals surface area contributed by atoms with Gasteiger partial charge in [-0.15, -0.1) is 11.3 Å². The Balaban J connectivity index is 2.67. The third kappa shape index (κ3) is 1.63. The van der Waals surface area contributed by atoms with E-state index in [1.165, 1.54) is 0 Å². The van der Waals surface area contributed by atoms with Crippen LogP contribution in [0.1, 0.15) is 35.1 Å². The van der Waals surface area contributed by atoms with Crippen LogP contribution in [0.5, 0.6) is 5.75 Å². The van der Waals surface area contributed by atoms with Crippen LogP contribution in [0.3, 0.4) is 0 Å². The molecule has 4 nitrogen and oxygen atoms in total. The third-order valence-electron chi connectivity index (χ3n) is 2.34. The van der Waals surface area contributed by atoms with Gasteiger partial charge in [-0.1, -0.05) is 13.8 Å². The van der Waals surface area contributed by atoms with E-state index >= 15 is 0 Å². The molecule has 0 unspecified atom stereocenters. The van der Waals surface area contributed by atoms with Gasteiger partial charge in [-0.3, -0.25) is 0 Å². The Morgan fingerprint density at radius 2 is 2.12 bits per heavy atom. The standard InChI is InChI=1S/C11H11NO3S/c1-5(2)7-4-3-6-8(13)9(11(14)15)16-10(6)12-7/h3-5,13H,1-2H3,(H,14,15). The van der Waals surface area contributed by atoms with Crippen LogP contribution in [0.4, 0.5) is 0 Å². The summed E-state index contributed by atoms with van der Waals surface area (Å²) >= 11 is 1.00. The van der Waals surface area contributed by atoms with Gasteiger partial charge in [0.1, 0.15) is 4.83 Å². The van der Waals surface area contributed by atoms with Crippen molar-refractivity contribution in [2.24, 2.45) is 0 Å². The summed E-state index contributed by atoms with van der Waals surface area (Å²) in [7, 11) is 0. The van der Waals surface area contributed by atoms with Crippen LogP contribution < -0.4 is 0 Å². The van der Waals surface area contributed by atoms with Crippen molar-refractivity contribution in [3.63, 3.8) is 0 Å². The largest absolute Gasteiger partial charge is 0.505 e. The summed E-state index contributed by atoms with van der Waals surface area (Å²) in [4.78, 5) is 15.7. The monoisotopic (exact) mass is 237 g/mol. The molecular weight excluding hydrogens is 226 g/mol. The zero-order chi connectivity index (χ0) is 11.9. The van der Waals surface area contributed by atoms with Crippen molar-refractivity contribution in [2.75, 3.05) is 0 Å². The fraction of sp³-hybridized carbons (Fsp3) is 0.273. The molecule has 0 atom stereocenters. The van der Waals surface area contributed by atoms with Crippen LogP contribution in [0.2, 0.25) is 0 Å². The lowest BCUT2D eigenvalue weighted by Crippen LogP contribution is -1.90. The first-order chi connectivity index (χ1) is 7.50. The Labute approximate surface area is 96.2 Å². The second-order valence-corrected chi connectivity index (χ2v) is 4.83. The Morgan fingerprint density at radius 1 is 1.44 bits per heavy atom. The van der Waals surface area contributed by atoms with Crippen LogP contribution in [-0.2, 0) is 0 Å². The van der Waals surface area contributed by atoms with E-state index < -0.39 is 5.97 Å². The summed E-state index contributed by atoms with van der Waals surface area (Å²) in [5.74, 6) is -1.02. The van der Waals surface area contributed by atoms with Crippen molar-refractivity contribution >= 4 is 27.5 Å². The van der Waals surface area contributed by atoms with Gasteiger partial charge >= 0.3 is 5.97 Å². The molecule has 0 saturated heterocycles. The minimum atomic E-state index is -1.12. The summed E-state index contributed by atoms with van der Waals surface area (Å²) < 4.78 is 0. The number of rotatable bonds is 2. The van der Waals surface area contributed by atoms with Gasteiger partial charge in [-0.05, 0) is 18.1 Å². The van der Waals surface area contributed by atoms with E-state index in [1.54, 1.807) is 6.07 Å². The molecule has 5 heteroatoms. The van der Waals surface area contributed by atoms with Gasteiger partial charge in [0.15, 0.2) is 10.6 Å². The molecule has 0 aliphatic heterocycles. The molecule has 0 bridgehead atoms. The number of hydrogen-bond donors (Lipinski definition) is 2. The highest BCUT2D eigenvalue weighted by molar-refractivity contribution is 7.20. The molecule has 0 amide bonds. The number of carboxylic acid groups (broad SMARTS) is 1. The molecule has 2 rings (SSSR count). The Hall–Kier alpha value is -1.62. The van der Waals surface area contributed by atoms with Gasteiger partial charge in [0.05, 0.1) is 5.39 Å². The number of hydrogen-bond acceptors (Lipinski definition) is 4. The molecule has 2 heterocycles. The van der Waals surface area contributed by atoms with E-state index in [1.807, 2.05) is 19.9 Å². The lowest BCUT2D eigenvalue weighted by atomic mass is 10.1. The highest BCUT2D eigenvalue weighted by Gasteiger charge is 2.18.